The molecule has 0 amide bonds. The zero-order chi connectivity index (χ0) is 8.15. The van der Waals surface area contributed by atoms with Crippen LogP contribution in [0.1, 0.15) is 13.8 Å². The molecule has 1 N–H and O–H groups in total. The summed E-state index contributed by atoms with van der Waals surface area (Å²) < 4.78 is 0. The molecule has 1 unspecified atom stereocenters. The van der Waals surface area contributed by atoms with Gasteiger partial charge in [-0.15, -0.1) is 0 Å². The standard InChI is InChI=1S/C7H9NO2/c1-5(7(9)10)4-6(2)8-3/h4,6H,1-2H3,(H,9,10). The van der Waals surface area contributed by atoms with Crippen LogP contribution < -0.4 is 0 Å². The van der Waals surface area contributed by atoms with Gasteiger partial charge in [-0.25, -0.2) is 11.4 Å². The lowest BCUT2D eigenvalue weighted by Gasteiger charge is -1.91. The number of rotatable bonds is 2. The topological polar surface area (TPSA) is 41.7 Å². The first-order valence-electron chi connectivity index (χ1n) is 2.86. The van der Waals surface area contributed by atoms with Gasteiger partial charge < -0.3 is 9.95 Å². The van der Waals surface area contributed by atoms with Crippen molar-refractivity contribution in [3.05, 3.63) is 23.1 Å². The summed E-state index contributed by atoms with van der Waals surface area (Å²) in [4.78, 5) is 13.3. The number of nitrogens with zero attached hydrogens (tertiary/aromatic N) is 1. The molecule has 0 spiro atoms. The van der Waals surface area contributed by atoms with Crippen molar-refractivity contribution >= 4 is 5.97 Å². The summed E-state index contributed by atoms with van der Waals surface area (Å²) in [6.45, 7) is 9.66. The number of carboxylic acid groups (broad SMARTS) is 1. The van der Waals surface area contributed by atoms with Gasteiger partial charge in [0.2, 0.25) is 6.04 Å². The molecule has 0 aliphatic rings. The van der Waals surface area contributed by atoms with Crippen LogP contribution in [0.4, 0.5) is 0 Å². The van der Waals surface area contributed by atoms with Crippen LogP contribution in [0.25, 0.3) is 4.85 Å². The van der Waals surface area contributed by atoms with Gasteiger partial charge in [0.15, 0.2) is 0 Å². The molecule has 3 heteroatoms. The van der Waals surface area contributed by atoms with E-state index in [1.807, 2.05) is 0 Å². The number of aliphatic carboxylic acids is 1. The van der Waals surface area contributed by atoms with Gasteiger partial charge in [0.25, 0.3) is 0 Å². The first-order chi connectivity index (χ1) is 4.57. The summed E-state index contributed by atoms with van der Waals surface area (Å²) in [5.41, 5.74) is 0.225. The van der Waals surface area contributed by atoms with Crippen molar-refractivity contribution in [3.8, 4) is 0 Å². The Morgan fingerprint density at radius 2 is 2.30 bits per heavy atom. The van der Waals surface area contributed by atoms with E-state index in [9.17, 15) is 4.79 Å². The average molecular weight is 139 g/mol. The molecule has 0 saturated carbocycles. The highest BCUT2D eigenvalue weighted by Crippen LogP contribution is 1.98. The molecule has 0 radical (unpaired) electrons. The first kappa shape index (κ1) is 8.70. The van der Waals surface area contributed by atoms with Crippen LogP contribution in [0.5, 0.6) is 0 Å². The van der Waals surface area contributed by atoms with Crippen LogP contribution in [0.15, 0.2) is 11.6 Å². The normalized spacial score (nSPS) is 13.9. The molecule has 0 aliphatic heterocycles. The summed E-state index contributed by atoms with van der Waals surface area (Å²) in [5.74, 6) is -0.962. The van der Waals surface area contributed by atoms with E-state index in [0.717, 1.165) is 0 Å². The van der Waals surface area contributed by atoms with E-state index in [0.29, 0.717) is 0 Å². The Labute approximate surface area is 59.8 Å². The maximum absolute atomic E-state index is 10.2. The molecule has 0 aromatic heterocycles. The van der Waals surface area contributed by atoms with Crippen LogP contribution in [0.3, 0.4) is 0 Å². The highest BCUT2D eigenvalue weighted by molar-refractivity contribution is 5.85. The van der Waals surface area contributed by atoms with Gasteiger partial charge in [-0.05, 0) is 6.92 Å². The predicted octanol–water partition coefficient (Wildman–Crippen LogP) is 1.33. The molecular weight excluding hydrogens is 130 g/mol. The number of hydrogen-bond acceptors (Lipinski definition) is 1. The van der Waals surface area contributed by atoms with Crippen LogP contribution in [0, 0.1) is 6.57 Å². The molecule has 0 saturated heterocycles. The van der Waals surface area contributed by atoms with Crippen molar-refractivity contribution < 1.29 is 9.90 Å². The molecule has 10 heavy (non-hydrogen) atoms. The molecule has 1 atom stereocenters. The van der Waals surface area contributed by atoms with E-state index >= 15 is 0 Å². The fourth-order valence-corrected chi connectivity index (χ4v) is 0.470. The van der Waals surface area contributed by atoms with Crippen LogP contribution in [0.2, 0.25) is 0 Å². The third-order valence-electron chi connectivity index (χ3n) is 1.03. The SMILES string of the molecule is [C-]#[N+]C(C)C=C(C)C(=O)O. The lowest BCUT2D eigenvalue weighted by molar-refractivity contribution is -0.132. The van der Waals surface area contributed by atoms with E-state index in [-0.39, 0.29) is 11.6 Å². The Balaban J connectivity index is 4.20. The minimum Gasteiger partial charge on any atom is -0.478 e. The van der Waals surface area contributed by atoms with E-state index in [1.165, 1.54) is 13.0 Å². The maximum atomic E-state index is 10.2. The summed E-state index contributed by atoms with van der Waals surface area (Å²) >= 11 is 0. The van der Waals surface area contributed by atoms with Gasteiger partial charge in [0.05, 0.1) is 0 Å². The third kappa shape index (κ3) is 2.88. The molecule has 3 nitrogen and oxygen atoms in total. The molecule has 0 heterocycles. The fourth-order valence-electron chi connectivity index (χ4n) is 0.470. The fraction of sp³-hybridized carbons (Fsp3) is 0.429. The zero-order valence-corrected chi connectivity index (χ0v) is 5.96. The van der Waals surface area contributed by atoms with Gasteiger partial charge in [-0.3, -0.25) is 0 Å². The molecular formula is C7H9NO2. The van der Waals surface area contributed by atoms with E-state index in [2.05, 4.69) is 4.85 Å². The predicted molar refractivity (Wildman–Crippen MR) is 37.5 cm³/mol. The molecule has 0 aromatic rings. The zero-order valence-electron chi connectivity index (χ0n) is 5.96. The smallest absolute Gasteiger partial charge is 0.331 e. The summed E-state index contributed by atoms with van der Waals surface area (Å²) in [7, 11) is 0. The van der Waals surface area contributed by atoms with Crippen LogP contribution in [-0.4, -0.2) is 17.1 Å². The second-order valence-corrected chi connectivity index (χ2v) is 2.02. The molecule has 0 aliphatic carbocycles. The van der Waals surface area contributed by atoms with Gasteiger partial charge in [0.1, 0.15) is 0 Å². The quantitative estimate of drug-likeness (QED) is 0.463. The highest BCUT2D eigenvalue weighted by atomic mass is 16.4. The Morgan fingerprint density at radius 1 is 1.80 bits per heavy atom. The number of carboxylic acids is 1. The Hall–Kier alpha value is -1.30. The minimum absolute atomic E-state index is 0.225. The monoisotopic (exact) mass is 139 g/mol. The first-order valence-corrected chi connectivity index (χ1v) is 2.86. The lowest BCUT2D eigenvalue weighted by Crippen LogP contribution is -1.99. The lowest BCUT2D eigenvalue weighted by atomic mass is 10.2. The Kier molecular flexibility index (Phi) is 3.20. The second kappa shape index (κ2) is 3.67. The summed E-state index contributed by atoms with van der Waals surface area (Å²) in [6, 6.07) is -0.337. The van der Waals surface area contributed by atoms with Crippen LogP contribution >= 0.6 is 0 Å². The highest BCUT2D eigenvalue weighted by Gasteiger charge is 2.04. The number of carbonyl (C=O) groups is 1. The van der Waals surface area contributed by atoms with Crippen molar-refractivity contribution in [3.63, 3.8) is 0 Å². The largest absolute Gasteiger partial charge is 0.478 e. The molecule has 0 bridgehead atoms. The Bertz CT molecular complexity index is 200. The minimum atomic E-state index is -0.962. The van der Waals surface area contributed by atoms with Crippen LogP contribution in [-0.2, 0) is 4.79 Å². The van der Waals surface area contributed by atoms with E-state index in [4.69, 9.17) is 11.7 Å². The van der Waals surface area contributed by atoms with Gasteiger partial charge in [0, 0.05) is 18.6 Å². The third-order valence-corrected chi connectivity index (χ3v) is 1.03. The van der Waals surface area contributed by atoms with Crippen molar-refractivity contribution in [2.45, 2.75) is 19.9 Å². The van der Waals surface area contributed by atoms with Crippen molar-refractivity contribution in [2.24, 2.45) is 0 Å². The molecule has 54 valence electrons. The molecule has 0 aromatic carbocycles. The van der Waals surface area contributed by atoms with Gasteiger partial charge in [-0.1, -0.05) is 0 Å². The molecule has 0 rings (SSSR count). The summed E-state index contributed by atoms with van der Waals surface area (Å²) in [6.07, 6.45) is 1.43. The van der Waals surface area contributed by atoms with E-state index < -0.39 is 5.97 Å². The van der Waals surface area contributed by atoms with Gasteiger partial charge >= 0.3 is 5.97 Å². The maximum Gasteiger partial charge on any atom is 0.331 e. The molecule has 0 fully saturated rings. The van der Waals surface area contributed by atoms with Crippen molar-refractivity contribution in [2.75, 3.05) is 0 Å². The average Bonchev–Trinajstić information content (AvgIpc) is 1.87. The van der Waals surface area contributed by atoms with Gasteiger partial charge in [-0.2, -0.15) is 0 Å². The Morgan fingerprint density at radius 3 is 2.60 bits per heavy atom. The second-order valence-electron chi connectivity index (χ2n) is 2.02. The van der Waals surface area contributed by atoms with Crippen molar-refractivity contribution in [1.82, 2.24) is 0 Å². The number of hydrogen-bond donors (Lipinski definition) is 1. The summed E-state index contributed by atoms with van der Waals surface area (Å²) in [5, 5.41) is 8.36. The van der Waals surface area contributed by atoms with Crippen molar-refractivity contribution in [1.29, 1.82) is 0 Å². The van der Waals surface area contributed by atoms with E-state index in [1.54, 1.807) is 6.92 Å².